The fourth-order valence-corrected chi connectivity index (χ4v) is 3.43. The number of rotatable bonds is 7. The standard InChI is InChI=1S/C22H26Cl2N2O3/c1-22(2,14-28-17-7-3-15(23)4-8-17)21(27)26-16-5-9-18(10-6-16)29-19-11-12-20(24)25-13-19/h3-4,7-8,11-13,16,18H,5-6,9-10,14H2,1-2H3,(H,26,27)/t16-,18-. The zero-order valence-corrected chi connectivity index (χ0v) is 18.2. The Morgan fingerprint density at radius 2 is 1.72 bits per heavy atom. The van der Waals surface area contributed by atoms with Crippen LogP contribution >= 0.6 is 23.2 Å². The maximum absolute atomic E-state index is 12.7. The Kier molecular flexibility index (Phi) is 7.25. The van der Waals surface area contributed by atoms with Gasteiger partial charge >= 0.3 is 0 Å². The van der Waals surface area contributed by atoms with Crippen molar-refractivity contribution < 1.29 is 14.3 Å². The van der Waals surface area contributed by atoms with Gasteiger partial charge in [0, 0.05) is 11.1 Å². The van der Waals surface area contributed by atoms with E-state index in [4.69, 9.17) is 32.7 Å². The van der Waals surface area contributed by atoms with E-state index in [-0.39, 0.29) is 18.1 Å². The predicted octanol–water partition coefficient (Wildman–Crippen LogP) is 5.30. The van der Waals surface area contributed by atoms with Gasteiger partial charge in [-0.3, -0.25) is 4.79 Å². The molecular formula is C22H26Cl2N2O3. The van der Waals surface area contributed by atoms with Crippen LogP contribution in [0.1, 0.15) is 39.5 Å². The molecule has 0 atom stereocenters. The molecule has 1 saturated carbocycles. The van der Waals surface area contributed by atoms with Crippen molar-refractivity contribution >= 4 is 29.1 Å². The van der Waals surface area contributed by atoms with E-state index in [1.54, 1.807) is 36.5 Å². The van der Waals surface area contributed by atoms with Gasteiger partial charge in [-0.15, -0.1) is 0 Å². The Bertz CT molecular complexity index is 802. The quantitative estimate of drug-likeness (QED) is 0.598. The third-order valence-corrected chi connectivity index (χ3v) is 5.52. The van der Waals surface area contributed by atoms with Gasteiger partial charge in [-0.25, -0.2) is 4.98 Å². The first-order valence-corrected chi connectivity index (χ1v) is 10.5. The van der Waals surface area contributed by atoms with Crippen molar-refractivity contribution in [3.63, 3.8) is 0 Å². The first-order valence-electron chi connectivity index (χ1n) is 9.79. The monoisotopic (exact) mass is 436 g/mol. The largest absolute Gasteiger partial charge is 0.492 e. The lowest BCUT2D eigenvalue weighted by molar-refractivity contribution is -0.132. The normalized spacial score (nSPS) is 19.4. The fraction of sp³-hybridized carbons (Fsp3) is 0.455. The molecule has 0 radical (unpaired) electrons. The summed E-state index contributed by atoms with van der Waals surface area (Å²) in [7, 11) is 0. The van der Waals surface area contributed by atoms with Gasteiger partial charge in [-0.2, -0.15) is 0 Å². The Morgan fingerprint density at radius 1 is 1.07 bits per heavy atom. The summed E-state index contributed by atoms with van der Waals surface area (Å²) < 4.78 is 11.7. The molecule has 1 aliphatic carbocycles. The molecule has 2 aromatic rings. The fourth-order valence-electron chi connectivity index (χ4n) is 3.19. The lowest BCUT2D eigenvalue weighted by atomic mass is 9.89. The van der Waals surface area contributed by atoms with E-state index in [2.05, 4.69) is 10.3 Å². The summed E-state index contributed by atoms with van der Waals surface area (Å²) in [6.07, 6.45) is 5.30. The molecule has 7 heteroatoms. The summed E-state index contributed by atoms with van der Waals surface area (Å²) in [5.74, 6) is 1.42. The van der Waals surface area contributed by atoms with Crippen molar-refractivity contribution in [3.05, 3.63) is 52.8 Å². The Morgan fingerprint density at radius 3 is 2.34 bits per heavy atom. The summed E-state index contributed by atoms with van der Waals surface area (Å²) >= 11 is 11.7. The lowest BCUT2D eigenvalue weighted by Gasteiger charge is -2.32. The Hall–Kier alpha value is -1.98. The van der Waals surface area contributed by atoms with Gasteiger partial charge in [0.05, 0.1) is 17.7 Å². The summed E-state index contributed by atoms with van der Waals surface area (Å²) in [6, 6.07) is 10.8. The highest BCUT2D eigenvalue weighted by molar-refractivity contribution is 6.30. The van der Waals surface area contributed by atoms with Crippen LogP contribution in [-0.2, 0) is 4.79 Å². The number of nitrogens with zero attached hydrogens (tertiary/aromatic N) is 1. The number of hydrogen-bond acceptors (Lipinski definition) is 4. The molecule has 1 amide bonds. The predicted molar refractivity (Wildman–Crippen MR) is 115 cm³/mol. The molecule has 156 valence electrons. The molecule has 1 N–H and O–H groups in total. The number of pyridine rings is 1. The van der Waals surface area contributed by atoms with Gasteiger partial charge < -0.3 is 14.8 Å². The van der Waals surface area contributed by atoms with Crippen LogP contribution < -0.4 is 14.8 Å². The smallest absolute Gasteiger partial charge is 0.229 e. The molecule has 1 aliphatic rings. The molecule has 1 fully saturated rings. The topological polar surface area (TPSA) is 60.5 Å². The minimum absolute atomic E-state index is 0.00210. The number of halogens is 2. The van der Waals surface area contributed by atoms with Crippen LogP contribution in [0.3, 0.4) is 0 Å². The Balaban J connectivity index is 1.43. The van der Waals surface area contributed by atoms with Gasteiger partial charge in [0.25, 0.3) is 0 Å². The van der Waals surface area contributed by atoms with Crippen molar-refractivity contribution in [3.8, 4) is 11.5 Å². The van der Waals surface area contributed by atoms with Crippen LogP contribution in [0.4, 0.5) is 0 Å². The SMILES string of the molecule is CC(C)(COc1ccc(Cl)cc1)C(=O)N[C@H]1CC[C@H](Oc2ccc(Cl)nc2)CC1. The molecule has 5 nitrogen and oxygen atoms in total. The van der Waals surface area contributed by atoms with Gasteiger partial charge in [-0.05, 0) is 75.9 Å². The second kappa shape index (κ2) is 9.68. The van der Waals surface area contributed by atoms with Crippen LogP contribution in [0.25, 0.3) is 0 Å². The molecule has 1 heterocycles. The minimum Gasteiger partial charge on any atom is -0.492 e. The third kappa shape index (κ3) is 6.51. The van der Waals surface area contributed by atoms with E-state index >= 15 is 0 Å². The number of benzene rings is 1. The number of ether oxygens (including phenoxy) is 2. The average molecular weight is 437 g/mol. The summed E-state index contributed by atoms with van der Waals surface area (Å²) in [5, 5.41) is 4.28. The van der Waals surface area contributed by atoms with Crippen molar-refractivity contribution in [1.82, 2.24) is 10.3 Å². The molecule has 0 saturated heterocycles. The van der Waals surface area contributed by atoms with Crippen molar-refractivity contribution in [2.24, 2.45) is 5.41 Å². The van der Waals surface area contributed by atoms with Crippen LogP contribution in [0.5, 0.6) is 11.5 Å². The van der Waals surface area contributed by atoms with Gasteiger partial charge in [0.1, 0.15) is 23.3 Å². The van der Waals surface area contributed by atoms with Crippen LogP contribution in [0.2, 0.25) is 10.2 Å². The molecule has 3 rings (SSSR count). The van der Waals surface area contributed by atoms with Crippen molar-refractivity contribution in [2.45, 2.75) is 51.7 Å². The first kappa shape index (κ1) is 21.7. The zero-order chi connectivity index (χ0) is 20.9. The van der Waals surface area contributed by atoms with Crippen molar-refractivity contribution in [1.29, 1.82) is 0 Å². The molecule has 0 spiro atoms. The van der Waals surface area contributed by atoms with Crippen molar-refractivity contribution in [2.75, 3.05) is 6.61 Å². The van der Waals surface area contributed by atoms with Gasteiger partial charge in [0.15, 0.2) is 0 Å². The van der Waals surface area contributed by atoms with E-state index in [1.807, 2.05) is 19.9 Å². The number of hydrogen-bond donors (Lipinski definition) is 1. The first-order chi connectivity index (χ1) is 13.8. The molecule has 0 bridgehead atoms. The number of aromatic nitrogens is 1. The number of nitrogens with one attached hydrogen (secondary N) is 1. The van der Waals surface area contributed by atoms with E-state index in [9.17, 15) is 4.79 Å². The highest BCUT2D eigenvalue weighted by Crippen LogP contribution is 2.26. The van der Waals surface area contributed by atoms with E-state index in [1.165, 1.54) is 0 Å². The van der Waals surface area contributed by atoms with Crippen LogP contribution in [0, 0.1) is 5.41 Å². The number of carbonyl (C=O) groups is 1. The maximum atomic E-state index is 12.7. The van der Waals surface area contributed by atoms with Crippen LogP contribution in [-0.4, -0.2) is 29.6 Å². The molecular weight excluding hydrogens is 411 g/mol. The molecule has 0 aliphatic heterocycles. The summed E-state index contributed by atoms with van der Waals surface area (Å²) in [6.45, 7) is 4.07. The highest BCUT2D eigenvalue weighted by atomic mass is 35.5. The molecule has 1 aromatic carbocycles. The van der Waals surface area contributed by atoms with Crippen LogP contribution in [0.15, 0.2) is 42.6 Å². The third-order valence-electron chi connectivity index (χ3n) is 5.04. The highest BCUT2D eigenvalue weighted by Gasteiger charge is 2.32. The Labute approximate surface area is 181 Å². The second-order valence-electron chi connectivity index (χ2n) is 8.01. The summed E-state index contributed by atoms with van der Waals surface area (Å²) in [4.78, 5) is 16.8. The molecule has 1 aromatic heterocycles. The maximum Gasteiger partial charge on any atom is 0.229 e. The van der Waals surface area contributed by atoms with E-state index in [0.29, 0.717) is 22.5 Å². The molecule has 0 unspecified atom stereocenters. The number of amides is 1. The molecule has 29 heavy (non-hydrogen) atoms. The number of carbonyl (C=O) groups excluding carboxylic acids is 1. The second-order valence-corrected chi connectivity index (χ2v) is 8.83. The van der Waals surface area contributed by atoms with Gasteiger partial charge in [0.2, 0.25) is 5.91 Å². The van der Waals surface area contributed by atoms with E-state index in [0.717, 1.165) is 31.4 Å². The minimum atomic E-state index is -0.637. The zero-order valence-electron chi connectivity index (χ0n) is 16.7. The lowest BCUT2D eigenvalue weighted by Crippen LogP contribution is -2.47. The summed E-state index contributed by atoms with van der Waals surface area (Å²) in [5.41, 5.74) is -0.637. The average Bonchev–Trinajstić information content (AvgIpc) is 2.71. The van der Waals surface area contributed by atoms with Gasteiger partial charge in [-0.1, -0.05) is 23.2 Å². The van der Waals surface area contributed by atoms with E-state index < -0.39 is 5.41 Å².